The minimum atomic E-state index is -0.152. The van der Waals surface area contributed by atoms with E-state index >= 15 is 0 Å². The summed E-state index contributed by atoms with van der Waals surface area (Å²) in [7, 11) is 0. The smallest absolute Gasteiger partial charge is 0.101 e. The molecule has 21 heavy (non-hydrogen) atoms. The highest BCUT2D eigenvalue weighted by atomic mass is 14.8. The molecule has 0 spiro atoms. The van der Waals surface area contributed by atoms with Crippen LogP contribution in [0.4, 0.5) is 0 Å². The summed E-state index contributed by atoms with van der Waals surface area (Å²) in [6.45, 7) is 8.14. The van der Waals surface area contributed by atoms with E-state index in [-0.39, 0.29) is 5.92 Å². The monoisotopic (exact) mass is 277 g/mol. The molecule has 1 heterocycles. The van der Waals surface area contributed by atoms with Gasteiger partial charge in [0, 0.05) is 6.21 Å². The van der Waals surface area contributed by atoms with Gasteiger partial charge in [-0.1, -0.05) is 18.6 Å². The van der Waals surface area contributed by atoms with Crippen LogP contribution in [0.15, 0.2) is 50.2 Å². The minimum absolute atomic E-state index is 0.152. The Morgan fingerprint density at radius 1 is 1.33 bits per heavy atom. The Labute approximate surface area is 126 Å². The number of hydrogen-bond acceptors (Lipinski definition) is 3. The van der Waals surface area contributed by atoms with E-state index in [0.29, 0.717) is 5.57 Å². The molecule has 3 nitrogen and oxygen atoms in total. The van der Waals surface area contributed by atoms with Crippen LogP contribution in [0.25, 0.3) is 0 Å². The highest BCUT2D eigenvalue weighted by Crippen LogP contribution is 2.38. The molecule has 0 saturated carbocycles. The summed E-state index contributed by atoms with van der Waals surface area (Å²) in [5.41, 5.74) is 7.20. The van der Waals surface area contributed by atoms with Crippen molar-refractivity contribution in [3.63, 3.8) is 0 Å². The van der Waals surface area contributed by atoms with E-state index in [4.69, 9.17) is 5.26 Å². The third kappa shape index (κ3) is 2.60. The van der Waals surface area contributed by atoms with Gasteiger partial charge in [0.1, 0.15) is 6.07 Å². The van der Waals surface area contributed by atoms with Crippen molar-refractivity contribution in [3.05, 3.63) is 45.2 Å². The lowest BCUT2D eigenvalue weighted by atomic mass is 9.81. The molecule has 0 bridgehead atoms. The molecule has 0 aromatic rings. The zero-order chi connectivity index (χ0) is 15.6. The standard InChI is InChI=1S/C18H19N3/c1-5-16(18-13(4)15(9-20)10-21-18)17-7-11(2)6-14(8-19)12(17)3/h6,10,14H,5,7H2,1-4H3/b18-16-. The van der Waals surface area contributed by atoms with Crippen LogP contribution in [0, 0.1) is 28.6 Å². The largest absolute Gasteiger partial charge is 0.255 e. The average molecular weight is 277 g/mol. The normalized spacial score (nSPS) is 23.9. The van der Waals surface area contributed by atoms with Crippen LogP contribution >= 0.6 is 0 Å². The predicted octanol–water partition coefficient (Wildman–Crippen LogP) is 4.38. The van der Waals surface area contributed by atoms with Crippen molar-refractivity contribution in [2.75, 3.05) is 0 Å². The van der Waals surface area contributed by atoms with Crippen molar-refractivity contribution in [1.29, 1.82) is 10.5 Å². The lowest BCUT2D eigenvalue weighted by Crippen LogP contribution is -2.09. The van der Waals surface area contributed by atoms with Gasteiger partial charge in [-0.05, 0) is 55.9 Å². The van der Waals surface area contributed by atoms with Gasteiger partial charge in [0.15, 0.2) is 0 Å². The molecule has 0 saturated heterocycles. The van der Waals surface area contributed by atoms with E-state index in [1.54, 1.807) is 6.21 Å². The second-order valence-corrected chi connectivity index (χ2v) is 5.55. The van der Waals surface area contributed by atoms with Gasteiger partial charge in [-0.3, -0.25) is 4.99 Å². The zero-order valence-corrected chi connectivity index (χ0v) is 13.0. The van der Waals surface area contributed by atoms with Crippen LogP contribution in [0.5, 0.6) is 0 Å². The minimum Gasteiger partial charge on any atom is -0.255 e. The van der Waals surface area contributed by atoms with Crippen LogP contribution < -0.4 is 0 Å². The first-order chi connectivity index (χ1) is 10.0. The SMILES string of the molecule is CC/C(C1=C(C)C(C#N)C=C(C)C1)=C1/N=CC(C#N)=C1C. The fourth-order valence-electron chi connectivity index (χ4n) is 2.94. The zero-order valence-electron chi connectivity index (χ0n) is 13.0. The number of allylic oxidation sites excluding steroid dienone is 7. The Morgan fingerprint density at radius 2 is 2.05 bits per heavy atom. The van der Waals surface area contributed by atoms with Crippen molar-refractivity contribution in [2.45, 2.75) is 40.5 Å². The summed E-state index contributed by atoms with van der Waals surface area (Å²) in [6.07, 6.45) is 5.39. The fourth-order valence-corrected chi connectivity index (χ4v) is 2.94. The summed E-state index contributed by atoms with van der Waals surface area (Å²) < 4.78 is 0. The van der Waals surface area contributed by atoms with Gasteiger partial charge in [-0.2, -0.15) is 10.5 Å². The molecule has 1 atom stereocenters. The molecule has 0 amide bonds. The highest BCUT2D eigenvalue weighted by molar-refractivity contribution is 5.91. The second-order valence-electron chi connectivity index (χ2n) is 5.55. The van der Waals surface area contributed by atoms with Crippen molar-refractivity contribution < 1.29 is 0 Å². The van der Waals surface area contributed by atoms with E-state index in [2.05, 4.69) is 31.0 Å². The van der Waals surface area contributed by atoms with Gasteiger partial charge in [-0.15, -0.1) is 0 Å². The van der Waals surface area contributed by atoms with Crippen molar-refractivity contribution in [2.24, 2.45) is 10.9 Å². The van der Waals surface area contributed by atoms with Crippen molar-refractivity contribution in [1.82, 2.24) is 0 Å². The maximum absolute atomic E-state index is 9.32. The van der Waals surface area contributed by atoms with Crippen LogP contribution in [-0.4, -0.2) is 6.21 Å². The number of aliphatic imine (C=N–C) groups is 1. The van der Waals surface area contributed by atoms with Crippen LogP contribution in [-0.2, 0) is 0 Å². The summed E-state index contributed by atoms with van der Waals surface area (Å²) in [4.78, 5) is 4.45. The summed E-state index contributed by atoms with van der Waals surface area (Å²) >= 11 is 0. The molecule has 1 aliphatic heterocycles. The molecule has 2 rings (SSSR count). The Balaban J connectivity index is 2.60. The Kier molecular flexibility index (Phi) is 4.24. The molecule has 2 aliphatic rings. The average Bonchev–Trinajstić information content (AvgIpc) is 2.84. The van der Waals surface area contributed by atoms with E-state index in [9.17, 15) is 5.26 Å². The van der Waals surface area contributed by atoms with Crippen molar-refractivity contribution >= 4 is 6.21 Å². The molecule has 106 valence electrons. The van der Waals surface area contributed by atoms with E-state index in [1.807, 2.05) is 19.9 Å². The number of rotatable bonds is 2. The molecule has 1 aliphatic carbocycles. The number of hydrogen-bond donors (Lipinski definition) is 0. The molecular formula is C18H19N3. The predicted molar refractivity (Wildman–Crippen MR) is 84.3 cm³/mol. The van der Waals surface area contributed by atoms with Crippen LogP contribution in [0.1, 0.15) is 40.5 Å². The third-order valence-electron chi connectivity index (χ3n) is 4.19. The van der Waals surface area contributed by atoms with Gasteiger partial charge in [0.25, 0.3) is 0 Å². The van der Waals surface area contributed by atoms with Gasteiger partial charge in [-0.25, -0.2) is 0 Å². The highest BCUT2D eigenvalue weighted by Gasteiger charge is 2.24. The lowest BCUT2D eigenvalue weighted by molar-refractivity contribution is 0.854. The Morgan fingerprint density at radius 3 is 2.57 bits per heavy atom. The van der Waals surface area contributed by atoms with Crippen LogP contribution in [0.3, 0.4) is 0 Å². The van der Waals surface area contributed by atoms with Gasteiger partial charge < -0.3 is 0 Å². The molecule has 0 N–H and O–H groups in total. The molecule has 3 heteroatoms. The Bertz CT molecular complexity index is 713. The van der Waals surface area contributed by atoms with Crippen LogP contribution in [0.2, 0.25) is 0 Å². The topological polar surface area (TPSA) is 59.9 Å². The lowest BCUT2D eigenvalue weighted by Gasteiger charge is -2.23. The molecule has 0 fully saturated rings. The van der Waals surface area contributed by atoms with E-state index < -0.39 is 0 Å². The second kappa shape index (κ2) is 5.94. The van der Waals surface area contributed by atoms with Gasteiger partial charge in [0.2, 0.25) is 0 Å². The Hall–Kier alpha value is -2.39. The summed E-state index contributed by atoms with van der Waals surface area (Å²) in [5, 5.41) is 18.4. The number of nitriles is 2. The molecule has 0 radical (unpaired) electrons. The third-order valence-corrected chi connectivity index (χ3v) is 4.19. The number of nitrogens with zero attached hydrogens (tertiary/aromatic N) is 3. The first-order valence-electron chi connectivity index (χ1n) is 7.18. The van der Waals surface area contributed by atoms with Gasteiger partial charge in [0.05, 0.1) is 23.3 Å². The van der Waals surface area contributed by atoms with Crippen molar-refractivity contribution in [3.8, 4) is 12.1 Å². The maximum Gasteiger partial charge on any atom is 0.101 e. The summed E-state index contributed by atoms with van der Waals surface area (Å²) in [6, 6.07) is 4.54. The molecule has 0 aromatic carbocycles. The first-order valence-corrected chi connectivity index (χ1v) is 7.18. The van der Waals surface area contributed by atoms with E-state index in [1.165, 1.54) is 16.7 Å². The molecular weight excluding hydrogens is 258 g/mol. The van der Waals surface area contributed by atoms with Gasteiger partial charge >= 0.3 is 0 Å². The van der Waals surface area contributed by atoms with E-state index in [0.717, 1.165) is 29.7 Å². The molecule has 1 unspecified atom stereocenters. The first kappa shape index (κ1) is 15.0. The fraction of sp³-hybridized carbons (Fsp3) is 0.389. The molecule has 0 aromatic heterocycles. The quantitative estimate of drug-likeness (QED) is 0.703. The summed E-state index contributed by atoms with van der Waals surface area (Å²) in [5.74, 6) is -0.152. The maximum atomic E-state index is 9.32.